The van der Waals surface area contributed by atoms with Crippen LogP contribution >= 0.6 is 0 Å². The second-order valence-corrected chi connectivity index (χ2v) is 4.22. The molecule has 1 heterocycles. The lowest BCUT2D eigenvalue weighted by atomic mass is 10.1. The lowest BCUT2D eigenvalue weighted by Gasteiger charge is -2.10. The normalized spacial score (nSPS) is 12.1. The number of hydrogen-bond donors (Lipinski definition) is 1. The third-order valence-electron chi connectivity index (χ3n) is 2.74. The number of halogens is 3. The number of hydrogen-bond acceptors (Lipinski definition) is 3. The average molecular weight is 264 g/mol. The molecule has 1 aromatic heterocycles. The van der Waals surface area contributed by atoms with Gasteiger partial charge in [-0.1, -0.05) is 37.8 Å². The van der Waals surface area contributed by atoms with Gasteiger partial charge in [0.1, 0.15) is 5.69 Å². The lowest BCUT2D eigenvalue weighted by Crippen LogP contribution is -2.18. The Bertz CT molecular complexity index is 360. The number of nitrogens with zero attached hydrogens (tertiary/aromatic N) is 3. The zero-order chi connectivity index (χ0) is 13.6. The molecular formula is C11H19F3N4. The minimum atomic E-state index is -4.44. The molecule has 0 saturated carbocycles. The fourth-order valence-corrected chi connectivity index (χ4v) is 1.82. The number of aryl methyl sites for hydroxylation is 1. The van der Waals surface area contributed by atoms with Crippen LogP contribution < -0.4 is 5.73 Å². The highest BCUT2D eigenvalue weighted by atomic mass is 19.4. The first kappa shape index (κ1) is 14.9. The Kier molecular flexibility index (Phi) is 5.58. The third kappa shape index (κ3) is 3.97. The van der Waals surface area contributed by atoms with Gasteiger partial charge in [0.2, 0.25) is 0 Å². The van der Waals surface area contributed by atoms with E-state index in [1.807, 2.05) is 0 Å². The molecule has 0 radical (unpaired) electrons. The summed E-state index contributed by atoms with van der Waals surface area (Å²) in [5.74, 6) is 0. The fraction of sp³-hybridized carbons (Fsp3) is 0.818. The van der Waals surface area contributed by atoms with E-state index in [9.17, 15) is 13.2 Å². The summed E-state index contributed by atoms with van der Waals surface area (Å²) in [6.07, 6.45) is 0.392. The minimum absolute atomic E-state index is 0.184. The Balaban J connectivity index is 2.63. The molecule has 1 aromatic rings. The molecule has 18 heavy (non-hydrogen) atoms. The summed E-state index contributed by atoms with van der Waals surface area (Å²) in [5, 5.41) is 7.02. The molecular weight excluding hydrogens is 245 g/mol. The molecule has 0 unspecified atom stereocenters. The molecule has 0 spiro atoms. The van der Waals surface area contributed by atoms with Gasteiger partial charge >= 0.3 is 6.18 Å². The van der Waals surface area contributed by atoms with Crippen molar-refractivity contribution >= 4 is 0 Å². The van der Waals surface area contributed by atoms with Crippen molar-refractivity contribution < 1.29 is 13.2 Å². The zero-order valence-corrected chi connectivity index (χ0v) is 10.5. The van der Waals surface area contributed by atoms with E-state index in [4.69, 9.17) is 5.73 Å². The standard InChI is InChI=1S/C11H19F3N4/c1-2-3-4-5-6-7-18-10(11(12,13)14)9(8-15)16-17-18/h2-8,15H2,1H3. The van der Waals surface area contributed by atoms with Gasteiger partial charge in [-0.2, -0.15) is 13.2 Å². The number of nitrogens with two attached hydrogens (primary N) is 1. The van der Waals surface area contributed by atoms with Crippen molar-refractivity contribution in [1.29, 1.82) is 0 Å². The van der Waals surface area contributed by atoms with Crippen molar-refractivity contribution in [2.24, 2.45) is 5.73 Å². The fourth-order valence-electron chi connectivity index (χ4n) is 1.82. The predicted octanol–water partition coefficient (Wildman–Crippen LogP) is 2.73. The summed E-state index contributed by atoms with van der Waals surface area (Å²) in [7, 11) is 0. The van der Waals surface area contributed by atoms with E-state index < -0.39 is 11.9 Å². The van der Waals surface area contributed by atoms with Gasteiger partial charge < -0.3 is 5.73 Å². The highest BCUT2D eigenvalue weighted by Crippen LogP contribution is 2.31. The second-order valence-electron chi connectivity index (χ2n) is 4.22. The van der Waals surface area contributed by atoms with Crippen LogP contribution in [-0.4, -0.2) is 15.0 Å². The van der Waals surface area contributed by atoms with E-state index in [0.717, 1.165) is 30.4 Å². The van der Waals surface area contributed by atoms with Gasteiger partial charge in [0.15, 0.2) is 5.69 Å². The average Bonchev–Trinajstić information content (AvgIpc) is 2.71. The van der Waals surface area contributed by atoms with Crippen molar-refractivity contribution in [2.75, 3.05) is 0 Å². The van der Waals surface area contributed by atoms with E-state index in [1.54, 1.807) is 0 Å². The van der Waals surface area contributed by atoms with Crippen molar-refractivity contribution in [3.63, 3.8) is 0 Å². The summed E-state index contributed by atoms with van der Waals surface area (Å²) in [4.78, 5) is 0. The van der Waals surface area contributed by atoms with E-state index in [1.165, 1.54) is 0 Å². The van der Waals surface area contributed by atoms with Crippen LogP contribution in [0.1, 0.15) is 50.4 Å². The summed E-state index contributed by atoms with van der Waals surface area (Å²) >= 11 is 0. The first-order valence-electron chi connectivity index (χ1n) is 6.20. The van der Waals surface area contributed by atoms with Crippen LogP contribution in [0.15, 0.2) is 0 Å². The van der Waals surface area contributed by atoms with Crippen LogP contribution in [0.5, 0.6) is 0 Å². The van der Waals surface area contributed by atoms with Gasteiger partial charge in [0, 0.05) is 13.1 Å². The van der Waals surface area contributed by atoms with Crippen LogP contribution in [0, 0.1) is 0 Å². The van der Waals surface area contributed by atoms with E-state index in [0.29, 0.717) is 6.42 Å². The Hall–Kier alpha value is -1.11. The van der Waals surface area contributed by atoms with Crippen LogP contribution in [0.4, 0.5) is 13.2 Å². The van der Waals surface area contributed by atoms with Gasteiger partial charge in [0.25, 0.3) is 0 Å². The molecule has 2 N–H and O–H groups in total. The van der Waals surface area contributed by atoms with E-state index in [-0.39, 0.29) is 18.8 Å². The molecule has 0 fully saturated rings. The van der Waals surface area contributed by atoms with Crippen LogP contribution in [-0.2, 0) is 19.3 Å². The summed E-state index contributed by atoms with van der Waals surface area (Å²) in [6, 6.07) is 0. The minimum Gasteiger partial charge on any atom is -0.325 e. The van der Waals surface area contributed by atoms with E-state index in [2.05, 4.69) is 17.2 Å². The van der Waals surface area contributed by atoms with Crippen molar-refractivity contribution in [2.45, 2.75) is 58.3 Å². The van der Waals surface area contributed by atoms with Crippen molar-refractivity contribution in [3.05, 3.63) is 11.4 Å². The molecule has 7 heteroatoms. The van der Waals surface area contributed by atoms with Crippen LogP contribution in [0.2, 0.25) is 0 Å². The molecule has 0 bridgehead atoms. The third-order valence-corrected chi connectivity index (χ3v) is 2.74. The monoisotopic (exact) mass is 264 g/mol. The van der Waals surface area contributed by atoms with E-state index >= 15 is 0 Å². The first-order valence-corrected chi connectivity index (χ1v) is 6.20. The maximum absolute atomic E-state index is 12.8. The van der Waals surface area contributed by atoms with Crippen molar-refractivity contribution in [1.82, 2.24) is 15.0 Å². The van der Waals surface area contributed by atoms with Crippen molar-refractivity contribution in [3.8, 4) is 0 Å². The molecule has 0 atom stereocenters. The zero-order valence-electron chi connectivity index (χ0n) is 10.5. The SMILES string of the molecule is CCCCCCCn1nnc(CN)c1C(F)(F)F. The number of unbranched alkanes of at least 4 members (excludes halogenated alkanes) is 4. The van der Waals surface area contributed by atoms with Gasteiger partial charge in [-0.05, 0) is 6.42 Å². The smallest absolute Gasteiger partial charge is 0.325 e. The topological polar surface area (TPSA) is 56.7 Å². The first-order chi connectivity index (χ1) is 8.50. The maximum Gasteiger partial charge on any atom is 0.434 e. The van der Waals surface area contributed by atoms with Crippen LogP contribution in [0.25, 0.3) is 0 Å². The molecule has 0 aliphatic heterocycles. The summed E-state index contributed by atoms with van der Waals surface area (Å²) in [6.45, 7) is 2.09. The maximum atomic E-state index is 12.8. The van der Waals surface area contributed by atoms with Crippen LogP contribution in [0.3, 0.4) is 0 Å². The molecule has 0 aliphatic rings. The molecule has 1 rings (SSSR count). The highest BCUT2D eigenvalue weighted by molar-refractivity contribution is 5.13. The van der Waals surface area contributed by atoms with Gasteiger partial charge in [-0.25, -0.2) is 4.68 Å². The Morgan fingerprint density at radius 2 is 1.83 bits per heavy atom. The number of rotatable bonds is 7. The Labute approximate surface area is 104 Å². The number of aromatic nitrogens is 3. The Morgan fingerprint density at radius 1 is 1.17 bits per heavy atom. The molecule has 0 saturated heterocycles. The Morgan fingerprint density at radius 3 is 2.39 bits per heavy atom. The lowest BCUT2D eigenvalue weighted by molar-refractivity contribution is -0.144. The highest BCUT2D eigenvalue weighted by Gasteiger charge is 2.38. The number of alkyl halides is 3. The quantitative estimate of drug-likeness (QED) is 0.770. The second kappa shape index (κ2) is 6.72. The molecule has 104 valence electrons. The van der Waals surface area contributed by atoms with Gasteiger partial charge in [0.05, 0.1) is 0 Å². The van der Waals surface area contributed by atoms with Gasteiger partial charge in [-0.15, -0.1) is 5.10 Å². The van der Waals surface area contributed by atoms with Gasteiger partial charge in [-0.3, -0.25) is 0 Å². The summed E-state index contributed by atoms with van der Waals surface area (Å²) in [5.41, 5.74) is 4.25. The molecule has 0 aliphatic carbocycles. The predicted molar refractivity (Wildman–Crippen MR) is 61.7 cm³/mol. The summed E-state index contributed by atoms with van der Waals surface area (Å²) < 4.78 is 39.3. The molecule has 4 nitrogen and oxygen atoms in total. The molecule has 0 amide bonds. The molecule has 0 aromatic carbocycles. The largest absolute Gasteiger partial charge is 0.434 e.